The van der Waals surface area contributed by atoms with Crippen molar-refractivity contribution in [3.63, 3.8) is 0 Å². The minimum Gasteiger partial charge on any atom is -0.493 e. The van der Waals surface area contributed by atoms with Gasteiger partial charge in [0.25, 0.3) is 5.91 Å². The summed E-state index contributed by atoms with van der Waals surface area (Å²) < 4.78 is 11.3. The third-order valence-corrected chi connectivity index (χ3v) is 5.72. The summed E-state index contributed by atoms with van der Waals surface area (Å²) in [5, 5.41) is 7.19. The maximum atomic E-state index is 12.5. The molecule has 33 heavy (non-hydrogen) atoms. The van der Waals surface area contributed by atoms with Crippen molar-refractivity contribution in [1.82, 2.24) is 5.43 Å². The number of ether oxygens (including phenoxy) is 2. The molecule has 1 amide bonds. The Labute approximate surface area is 201 Å². The van der Waals surface area contributed by atoms with E-state index in [0.717, 1.165) is 16.3 Å². The van der Waals surface area contributed by atoms with E-state index < -0.39 is 0 Å². The summed E-state index contributed by atoms with van der Waals surface area (Å²) in [6, 6.07) is 24.0. The van der Waals surface area contributed by atoms with Gasteiger partial charge in [-0.3, -0.25) is 4.79 Å². The highest BCUT2D eigenvalue weighted by atomic mass is 35.5. The van der Waals surface area contributed by atoms with Crippen LogP contribution in [0.5, 0.6) is 11.5 Å². The second-order valence-corrected chi connectivity index (χ2v) is 7.97. The summed E-state index contributed by atoms with van der Waals surface area (Å²) in [7, 11) is 1.56. The molecule has 166 valence electrons. The van der Waals surface area contributed by atoms with Gasteiger partial charge in [-0.25, -0.2) is 5.43 Å². The summed E-state index contributed by atoms with van der Waals surface area (Å²) in [4.78, 5) is 12.5. The fourth-order valence-corrected chi connectivity index (χ4v) is 3.77. The zero-order valence-electron chi connectivity index (χ0n) is 17.7. The van der Waals surface area contributed by atoms with Crippen LogP contribution >= 0.6 is 23.2 Å². The fourth-order valence-electron chi connectivity index (χ4n) is 3.27. The summed E-state index contributed by atoms with van der Waals surface area (Å²) in [6.07, 6.45) is 1.54. The van der Waals surface area contributed by atoms with Gasteiger partial charge in [0.15, 0.2) is 11.5 Å². The number of amides is 1. The predicted molar refractivity (Wildman–Crippen MR) is 133 cm³/mol. The van der Waals surface area contributed by atoms with Gasteiger partial charge in [0.05, 0.1) is 13.3 Å². The molecule has 0 aliphatic carbocycles. The standard InChI is InChI=1S/C26H20Cl2N2O3/c1-32-24-12-9-17(13-25(24)33-16-21-22(27)7-4-8-23(21)28)15-29-30-26(31)20-11-10-18-5-2-3-6-19(18)14-20/h2-15H,16H2,1H3,(H,30,31)/b29-15-. The van der Waals surface area contributed by atoms with E-state index in [9.17, 15) is 4.79 Å². The molecule has 4 aromatic carbocycles. The van der Waals surface area contributed by atoms with Crippen LogP contribution in [-0.2, 0) is 6.61 Å². The first-order valence-electron chi connectivity index (χ1n) is 10.1. The van der Waals surface area contributed by atoms with Gasteiger partial charge in [-0.05, 0) is 58.8 Å². The molecular weight excluding hydrogens is 459 g/mol. The van der Waals surface area contributed by atoms with Crippen LogP contribution in [0, 0.1) is 0 Å². The molecule has 7 heteroatoms. The van der Waals surface area contributed by atoms with Crippen LogP contribution < -0.4 is 14.9 Å². The lowest BCUT2D eigenvalue weighted by molar-refractivity contribution is 0.0955. The number of rotatable bonds is 7. The number of nitrogens with zero attached hydrogens (tertiary/aromatic N) is 1. The maximum absolute atomic E-state index is 12.5. The highest BCUT2D eigenvalue weighted by Gasteiger charge is 2.10. The monoisotopic (exact) mass is 478 g/mol. The molecule has 0 fully saturated rings. The second-order valence-electron chi connectivity index (χ2n) is 7.16. The molecule has 0 atom stereocenters. The minimum atomic E-state index is -0.296. The number of fused-ring (bicyclic) bond motifs is 1. The molecule has 0 aliphatic heterocycles. The van der Waals surface area contributed by atoms with Crippen molar-refractivity contribution >= 4 is 46.1 Å². The SMILES string of the molecule is COc1ccc(/C=N\NC(=O)c2ccc3ccccc3c2)cc1OCc1c(Cl)cccc1Cl. The highest BCUT2D eigenvalue weighted by Crippen LogP contribution is 2.31. The molecule has 0 aliphatic rings. The number of halogens is 2. The molecule has 0 heterocycles. The molecule has 0 saturated heterocycles. The zero-order chi connectivity index (χ0) is 23.2. The van der Waals surface area contributed by atoms with Crippen LogP contribution in [0.15, 0.2) is 84.0 Å². The smallest absolute Gasteiger partial charge is 0.271 e. The molecule has 0 spiro atoms. The molecular formula is C26H20Cl2N2O3. The highest BCUT2D eigenvalue weighted by molar-refractivity contribution is 6.35. The van der Waals surface area contributed by atoms with Gasteiger partial charge in [-0.15, -0.1) is 0 Å². The first-order chi connectivity index (χ1) is 16.0. The Morgan fingerprint density at radius 1 is 0.909 bits per heavy atom. The Balaban J connectivity index is 1.45. The van der Waals surface area contributed by atoms with E-state index in [4.69, 9.17) is 32.7 Å². The summed E-state index contributed by atoms with van der Waals surface area (Å²) in [5.41, 5.74) is 4.49. The Hall–Kier alpha value is -3.54. The number of carbonyl (C=O) groups excluding carboxylic acids is 1. The first kappa shape index (κ1) is 22.6. The lowest BCUT2D eigenvalue weighted by Crippen LogP contribution is -2.17. The summed E-state index contributed by atoms with van der Waals surface area (Å²) in [5.74, 6) is 0.754. The maximum Gasteiger partial charge on any atom is 0.271 e. The summed E-state index contributed by atoms with van der Waals surface area (Å²) >= 11 is 12.4. The molecule has 0 radical (unpaired) electrons. The Morgan fingerprint density at radius 3 is 2.42 bits per heavy atom. The largest absolute Gasteiger partial charge is 0.493 e. The second kappa shape index (κ2) is 10.4. The van der Waals surface area contributed by atoms with Crippen molar-refractivity contribution in [3.8, 4) is 11.5 Å². The van der Waals surface area contributed by atoms with E-state index in [1.54, 1.807) is 49.6 Å². The third kappa shape index (κ3) is 5.45. The molecule has 4 aromatic rings. The van der Waals surface area contributed by atoms with Crippen LogP contribution in [-0.4, -0.2) is 19.2 Å². The van der Waals surface area contributed by atoms with Gasteiger partial charge >= 0.3 is 0 Å². The summed E-state index contributed by atoms with van der Waals surface area (Å²) in [6.45, 7) is 0.175. The van der Waals surface area contributed by atoms with E-state index >= 15 is 0 Å². The molecule has 0 unspecified atom stereocenters. The van der Waals surface area contributed by atoms with Gasteiger partial charge in [0.1, 0.15) is 6.61 Å². The van der Waals surface area contributed by atoms with E-state index in [1.165, 1.54) is 6.21 Å². The number of nitrogens with one attached hydrogen (secondary N) is 1. The Kier molecular flexibility index (Phi) is 7.13. The van der Waals surface area contributed by atoms with Crippen LogP contribution in [0.25, 0.3) is 10.8 Å². The van der Waals surface area contributed by atoms with Crippen molar-refractivity contribution in [2.75, 3.05) is 7.11 Å². The Bertz CT molecular complexity index is 1320. The van der Waals surface area contributed by atoms with Gasteiger partial charge in [-0.1, -0.05) is 59.6 Å². The molecule has 5 nitrogen and oxygen atoms in total. The van der Waals surface area contributed by atoms with E-state index in [1.807, 2.05) is 36.4 Å². The fraction of sp³-hybridized carbons (Fsp3) is 0.0769. The average Bonchev–Trinajstić information content (AvgIpc) is 2.83. The van der Waals surface area contributed by atoms with E-state index in [-0.39, 0.29) is 12.5 Å². The van der Waals surface area contributed by atoms with Crippen LogP contribution in [0.2, 0.25) is 10.0 Å². The van der Waals surface area contributed by atoms with Crippen molar-refractivity contribution < 1.29 is 14.3 Å². The predicted octanol–water partition coefficient (Wildman–Crippen LogP) is 6.50. The number of carbonyl (C=O) groups is 1. The van der Waals surface area contributed by atoms with Crippen LogP contribution in [0.4, 0.5) is 0 Å². The topological polar surface area (TPSA) is 59.9 Å². The molecule has 1 N–H and O–H groups in total. The van der Waals surface area contributed by atoms with E-state index in [0.29, 0.717) is 32.7 Å². The quantitative estimate of drug-likeness (QED) is 0.243. The lowest BCUT2D eigenvalue weighted by atomic mass is 10.1. The normalized spacial score (nSPS) is 11.0. The van der Waals surface area contributed by atoms with Crippen molar-refractivity contribution in [2.45, 2.75) is 6.61 Å². The minimum absolute atomic E-state index is 0.175. The molecule has 0 saturated carbocycles. The van der Waals surface area contributed by atoms with E-state index in [2.05, 4.69) is 10.5 Å². The zero-order valence-corrected chi connectivity index (χ0v) is 19.2. The van der Waals surface area contributed by atoms with Gasteiger partial charge in [0, 0.05) is 21.2 Å². The lowest BCUT2D eigenvalue weighted by Gasteiger charge is -2.13. The van der Waals surface area contributed by atoms with Crippen LogP contribution in [0.1, 0.15) is 21.5 Å². The Morgan fingerprint density at radius 2 is 1.67 bits per heavy atom. The van der Waals surface area contributed by atoms with Crippen molar-refractivity contribution in [1.29, 1.82) is 0 Å². The number of hydrogen-bond acceptors (Lipinski definition) is 4. The van der Waals surface area contributed by atoms with Gasteiger partial charge in [0.2, 0.25) is 0 Å². The molecule has 4 rings (SSSR count). The van der Waals surface area contributed by atoms with Crippen LogP contribution in [0.3, 0.4) is 0 Å². The average molecular weight is 479 g/mol. The van der Waals surface area contributed by atoms with Gasteiger partial charge in [-0.2, -0.15) is 5.10 Å². The van der Waals surface area contributed by atoms with Crippen molar-refractivity contribution in [2.24, 2.45) is 5.10 Å². The van der Waals surface area contributed by atoms with Crippen molar-refractivity contribution in [3.05, 3.63) is 106 Å². The van der Waals surface area contributed by atoms with Gasteiger partial charge < -0.3 is 9.47 Å². The third-order valence-electron chi connectivity index (χ3n) is 5.01. The number of methoxy groups -OCH3 is 1. The number of benzene rings is 4. The first-order valence-corrected chi connectivity index (χ1v) is 10.9. The number of hydrazone groups is 1. The molecule has 0 bridgehead atoms. The number of hydrogen-bond donors (Lipinski definition) is 1. The molecule has 0 aromatic heterocycles.